The van der Waals surface area contributed by atoms with Crippen molar-refractivity contribution in [3.05, 3.63) is 47.3 Å². The Balaban J connectivity index is 1.81. The highest BCUT2D eigenvalue weighted by Gasteiger charge is 2.36. The van der Waals surface area contributed by atoms with E-state index in [9.17, 15) is 14.7 Å². The molecule has 0 fully saturated rings. The van der Waals surface area contributed by atoms with Crippen LogP contribution in [0.5, 0.6) is 0 Å². The molecule has 0 aliphatic carbocycles. The third kappa shape index (κ3) is 2.79. The van der Waals surface area contributed by atoms with Crippen LogP contribution in [-0.4, -0.2) is 33.3 Å². The number of rotatable bonds is 4. The molecular formula is C18H21N3O3. The monoisotopic (exact) mass is 327 g/mol. The van der Waals surface area contributed by atoms with Crippen molar-refractivity contribution < 1.29 is 14.7 Å². The molecule has 0 saturated heterocycles. The Kier molecular flexibility index (Phi) is 4.13. The number of hydrogen-bond acceptors (Lipinski definition) is 3. The maximum absolute atomic E-state index is 12.8. The lowest BCUT2D eigenvalue weighted by Crippen LogP contribution is -2.32. The van der Waals surface area contributed by atoms with Crippen LogP contribution in [0.4, 0.5) is 5.69 Å². The second-order valence-electron chi connectivity index (χ2n) is 6.38. The van der Waals surface area contributed by atoms with Crippen LogP contribution in [0.15, 0.2) is 30.3 Å². The fraction of sp³-hybridized carbons (Fsp3) is 0.389. The first-order chi connectivity index (χ1) is 11.4. The van der Waals surface area contributed by atoms with Gasteiger partial charge in [-0.2, -0.15) is 5.10 Å². The summed E-state index contributed by atoms with van der Waals surface area (Å²) >= 11 is 0. The van der Waals surface area contributed by atoms with Crippen LogP contribution < -0.4 is 4.90 Å². The number of amides is 1. The minimum Gasteiger partial charge on any atom is -0.481 e. The maximum Gasteiger partial charge on any atom is 0.312 e. The van der Waals surface area contributed by atoms with E-state index < -0.39 is 11.9 Å². The van der Waals surface area contributed by atoms with Gasteiger partial charge in [-0.25, -0.2) is 0 Å². The minimum absolute atomic E-state index is 0.0775. The molecule has 1 aliphatic rings. The van der Waals surface area contributed by atoms with Crippen LogP contribution in [0.2, 0.25) is 0 Å². The fourth-order valence-electron chi connectivity index (χ4n) is 3.40. The SMILES string of the molecule is Cc1cc(C)n([C@H](C)CC(=O)N2C[C@H](C(=O)O)c3ccccc32)n1. The van der Waals surface area contributed by atoms with Crippen LogP contribution in [0.25, 0.3) is 0 Å². The van der Waals surface area contributed by atoms with Gasteiger partial charge in [-0.3, -0.25) is 14.3 Å². The molecule has 2 aromatic rings. The Bertz CT molecular complexity index is 797. The molecule has 1 aliphatic heterocycles. The van der Waals surface area contributed by atoms with Gasteiger partial charge in [0.25, 0.3) is 0 Å². The number of carbonyl (C=O) groups is 2. The molecule has 2 heterocycles. The smallest absolute Gasteiger partial charge is 0.312 e. The molecule has 1 N–H and O–H groups in total. The third-order valence-corrected chi connectivity index (χ3v) is 4.50. The zero-order valence-electron chi connectivity index (χ0n) is 14.1. The number of aryl methyl sites for hydroxylation is 2. The average Bonchev–Trinajstić information content (AvgIpc) is 3.07. The molecule has 0 unspecified atom stereocenters. The summed E-state index contributed by atoms with van der Waals surface area (Å²) in [4.78, 5) is 25.8. The van der Waals surface area contributed by atoms with E-state index in [1.807, 2.05) is 43.7 Å². The molecule has 1 amide bonds. The van der Waals surface area contributed by atoms with Crippen molar-refractivity contribution >= 4 is 17.6 Å². The summed E-state index contributed by atoms with van der Waals surface area (Å²) in [7, 11) is 0. The summed E-state index contributed by atoms with van der Waals surface area (Å²) in [5.41, 5.74) is 3.34. The normalized spacial score (nSPS) is 17.6. The van der Waals surface area contributed by atoms with Crippen molar-refractivity contribution in [3.63, 3.8) is 0 Å². The zero-order valence-corrected chi connectivity index (χ0v) is 14.1. The number of para-hydroxylation sites is 1. The molecule has 0 radical (unpaired) electrons. The Hall–Kier alpha value is -2.63. The first-order valence-corrected chi connectivity index (χ1v) is 8.03. The molecule has 126 valence electrons. The topological polar surface area (TPSA) is 75.4 Å². The second kappa shape index (κ2) is 6.11. The van der Waals surface area contributed by atoms with Gasteiger partial charge < -0.3 is 10.0 Å². The number of fused-ring (bicyclic) bond motifs is 1. The first-order valence-electron chi connectivity index (χ1n) is 8.03. The summed E-state index contributed by atoms with van der Waals surface area (Å²) < 4.78 is 1.85. The number of carbonyl (C=O) groups excluding carboxylic acids is 1. The van der Waals surface area contributed by atoms with Gasteiger partial charge in [0.1, 0.15) is 5.92 Å². The Morgan fingerprint density at radius 2 is 2.04 bits per heavy atom. The van der Waals surface area contributed by atoms with E-state index in [0.717, 1.165) is 11.4 Å². The predicted molar refractivity (Wildman–Crippen MR) is 90.2 cm³/mol. The highest BCUT2D eigenvalue weighted by atomic mass is 16.4. The van der Waals surface area contributed by atoms with Crippen LogP contribution in [-0.2, 0) is 9.59 Å². The van der Waals surface area contributed by atoms with E-state index in [2.05, 4.69) is 5.10 Å². The van der Waals surface area contributed by atoms with Crippen molar-refractivity contribution in [2.75, 3.05) is 11.4 Å². The maximum atomic E-state index is 12.8. The lowest BCUT2D eigenvalue weighted by atomic mass is 10.0. The number of hydrogen-bond donors (Lipinski definition) is 1. The van der Waals surface area contributed by atoms with E-state index >= 15 is 0 Å². The Labute approximate surface area is 140 Å². The van der Waals surface area contributed by atoms with Crippen LogP contribution in [0.3, 0.4) is 0 Å². The third-order valence-electron chi connectivity index (χ3n) is 4.50. The standard InChI is InChI=1S/C18H21N3O3/c1-11-8-12(2)21(19-11)13(3)9-17(22)20-10-15(18(23)24)14-6-4-5-7-16(14)20/h4-8,13,15H,9-10H2,1-3H3,(H,23,24)/t13-,15+/m1/s1. The van der Waals surface area contributed by atoms with Gasteiger partial charge in [0, 0.05) is 24.3 Å². The minimum atomic E-state index is -0.899. The number of anilines is 1. The van der Waals surface area contributed by atoms with Gasteiger partial charge in [-0.1, -0.05) is 18.2 Å². The molecule has 1 aromatic carbocycles. The second-order valence-corrected chi connectivity index (χ2v) is 6.38. The summed E-state index contributed by atoms with van der Waals surface area (Å²) in [6.45, 7) is 6.03. The van der Waals surface area contributed by atoms with Gasteiger partial charge >= 0.3 is 5.97 Å². The van der Waals surface area contributed by atoms with Crippen molar-refractivity contribution in [2.24, 2.45) is 0 Å². The van der Waals surface area contributed by atoms with Crippen molar-refractivity contribution in [3.8, 4) is 0 Å². The van der Waals surface area contributed by atoms with E-state index in [-0.39, 0.29) is 24.9 Å². The van der Waals surface area contributed by atoms with E-state index in [4.69, 9.17) is 0 Å². The summed E-state index contributed by atoms with van der Waals surface area (Å²) in [5.74, 6) is -1.63. The van der Waals surface area contributed by atoms with Gasteiger partial charge in [-0.15, -0.1) is 0 Å². The van der Waals surface area contributed by atoms with E-state index in [1.54, 1.807) is 17.0 Å². The van der Waals surface area contributed by atoms with Crippen LogP contribution >= 0.6 is 0 Å². The van der Waals surface area contributed by atoms with Gasteiger partial charge in [-0.05, 0) is 38.5 Å². The number of aromatic nitrogens is 2. The molecule has 2 atom stereocenters. The number of carboxylic acid groups (broad SMARTS) is 1. The number of aliphatic carboxylic acids is 1. The molecule has 3 rings (SSSR count). The summed E-state index contributed by atoms with van der Waals surface area (Å²) in [6.07, 6.45) is 0.280. The van der Waals surface area contributed by atoms with Gasteiger partial charge in [0.2, 0.25) is 5.91 Å². The van der Waals surface area contributed by atoms with E-state index in [1.165, 1.54) is 0 Å². The van der Waals surface area contributed by atoms with Crippen molar-refractivity contribution in [2.45, 2.75) is 39.2 Å². The summed E-state index contributed by atoms with van der Waals surface area (Å²) in [6, 6.07) is 9.12. The quantitative estimate of drug-likeness (QED) is 0.937. The van der Waals surface area contributed by atoms with Crippen LogP contribution in [0.1, 0.15) is 42.3 Å². The summed E-state index contributed by atoms with van der Waals surface area (Å²) in [5, 5.41) is 13.8. The predicted octanol–water partition coefficient (Wildman–Crippen LogP) is 2.67. The van der Waals surface area contributed by atoms with Gasteiger partial charge in [0.05, 0.1) is 11.7 Å². The molecular weight excluding hydrogens is 306 g/mol. The lowest BCUT2D eigenvalue weighted by Gasteiger charge is -2.21. The first kappa shape index (κ1) is 16.2. The Morgan fingerprint density at radius 3 is 2.67 bits per heavy atom. The average molecular weight is 327 g/mol. The number of nitrogens with zero attached hydrogens (tertiary/aromatic N) is 3. The highest BCUT2D eigenvalue weighted by molar-refractivity contribution is 5.99. The van der Waals surface area contributed by atoms with E-state index in [0.29, 0.717) is 11.3 Å². The molecule has 0 bridgehead atoms. The molecule has 0 saturated carbocycles. The largest absolute Gasteiger partial charge is 0.481 e. The lowest BCUT2D eigenvalue weighted by molar-refractivity contribution is -0.138. The Morgan fingerprint density at radius 1 is 1.33 bits per heavy atom. The fourth-order valence-corrected chi connectivity index (χ4v) is 3.40. The molecule has 6 heteroatoms. The molecule has 6 nitrogen and oxygen atoms in total. The zero-order chi connectivity index (χ0) is 17.4. The van der Waals surface area contributed by atoms with Crippen molar-refractivity contribution in [1.82, 2.24) is 9.78 Å². The highest BCUT2D eigenvalue weighted by Crippen LogP contribution is 2.37. The van der Waals surface area contributed by atoms with Crippen LogP contribution in [0, 0.1) is 13.8 Å². The molecule has 1 aromatic heterocycles. The number of benzene rings is 1. The number of carboxylic acids is 1. The van der Waals surface area contributed by atoms with Crippen molar-refractivity contribution in [1.29, 1.82) is 0 Å². The molecule has 0 spiro atoms. The van der Waals surface area contributed by atoms with Gasteiger partial charge in [0.15, 0.2) is 0 Å². The molecule has 24 heavy (non-hydrogen) atoms.